The lowest BCUT2D eigenvalue weighted by atomic mass is 10.1. The molecule has 0 fully saturated rings. The van der Waals surface area contributed by atoms with Gasteiger partial charge in [0.25, 0.3) is 0 Å². The normalized spacial score (nSPS) is 10.6. The number of halogens is 1. The van der Waals surface area contributed by atoms with Crippen molar-refractivity contribution in [3.63, 3.8) is 0 Å². The Morgan fingerprint density at radius 2 is 1.79 bits per heavy atom. The van der Waals surface area contributed by atoms with Crippen molar-refractivity contribution in [3.05, 3.63) is 59.4 Å². The van der Waals surface area contributed by atoms with Gasteiger partial charge in [-0.15, -0.1) is 0 Å². The van der Waals surface area contributed by atoms with Crippen molar-refractivity contribution in [3.8, 4) is 22.8 Å². The van der Waals surface area contributed by atoms with Crippen LogP contribution in [0.1, 0.15) is 5.76 Å². The van der Waals surface area contributed by atoms with Crippen LogP contribution in [0, 0.1) is 6.92 Å². The fourth-order valence-corrected chi connectivity index (χ4v) is 2.02. The summed E-state index contributed by atoms with van der Waals surface area (Å²) < 4.78 is 5.53. The van der Waals surface area contributed by atoms with Crippen LogP contribution in [0.2, 0.25) is 5.15 Å². The van der Waals surface area contributed by atoms with E-state index in [-0.39, 0.29) is 0 Å². The van der Waals surface area contributed by atoms with Crippen LogP contribution in [0.4, 0.5) is 0 Å². The van der Waals surface area contributed by atoms with E-state index < -0.39 is 0 Å². The number of aromatic nitrogens is 2. The number of nitrogens with zero attached hydrogens (tertiary/aromatic N) is 2. The van der Waals surface area contributed by atoms with E-state index in [4.69, 9.17) is 16.0 Å². The van der Waals surface area contributed by atoms with Gasteiger partial charge in [0.05, 0.1) is 5.69 Å². The summed E-state index contributed by atoms with van der Waals surface area (Å²) >= 11 is 6.06. The van der Waals surface area contributed by atoms with Crippen LogP contribution < -0.4 is 0 Å². The van der Waals surface area contributed by atoms with Gasteiger partial charge < -0.3 is 4.42 Å². The number of rotatable bonds is 2. The Labute approximate surface area is 115 Å². The largest absolute Gasteiger partial charge is 0.458 e. The fourth-order valence-electron chi connectivity index (χ4n) is 1.84. The van der Waals surface area contributed by atoms with E-state index in [0.29, 0.717) is 16.7 Å². The molecule has 0 aliphatic carbocycles. The van der Waals surface area contributed by atoms with Crippen LogP contribution in [0.3, 0.4) is 0 Å². The van der Waals surface area contributed by atoms with Gasteiger partial charge in [0.15, 0.2) is 11.6 Å². The highest BCUT2D eigenvalue weighted by Crippen LogP contribution is 2.25. The van der Waals surface area contributed by atoms with Crippen molar-refractivity contribution in [2.24, 2.45) is 0 Å². The maximum absolute atomic E-state index is 6.06. The minimum Gasteiger partial charge on any atom is -0.458 e. The molecule has 0 saturated carbocycles. The lowest BCUT2D eigenvalue weighted by Crippen LogP contribution is -1.91. The van der Waals surface area contributed by atoms with E-state index in [1.165, 1.54) is 0 Å². The fraction of sp³-hybridized carbons (Fsp3) is 0.0667. The quantitative estimate of drug-likeness (QED) is 0.649. The van der Waals surface area contributed by atoms with E-state index in [9.17, 15) is 0 Å². The van der Waals surface area contributed by atoms with E-state index in [0.717, 1.165) is 17.0 Å². The second-order valence-corrected chi connectivity index (χ2v) is 4.56. The molecule has 0 unspecified atom stereocenters. The van der Waals surface area contributed by atoms with Crippen LogP contribution in [-0.2, 0) is 0 Å². The molecule has 0 spiro atoms. The van der Waals surface area contributed by atoms with Crippen molar-refractivity contribution in [2.45, 2.75) is 6.92 Å². The van der Waals surface area contributed by atoms with E-state index in [1.54, 1.807) is 6.07 Å². The molecule has 0 bridgehead atoms. The molecule has 0 aliphatic rings. The standard InChI is InChI=1S/C15H11ClN2O/c1-10-7-8-13(19-10)15-17-12(9-14(16)18-15)11-5-3-2-4-6-11/h2-9H,1H3. The van der Waals surface area contributed by atoms with Gasteiger partial charge in [-0.2, -0.15) is 0 Å². The van der Waals surface area contributed by atoms with Gasteiger partial charge in [0, 0.05) is 11.6 Å². The molecule has 0 radical (unpaired) electrons. The molecule has 4 heteroatoms. The summed E-state index contributed by atoms with van der Waals surface area (Å²) in [5.74, 6) is 1.94. The highest BCUT2D eigenvalue weighted by molar-refractivity contribution is 6.29. The zero-order valence-electron chi connectivity index (χ0n) is 10.3. The van der Waals surface area contributed by atoms with Gasteiger partial charge in [-0.3, -0.25) is 0 Å². The van der Waals surface area contributed by atoms with Crippen LogP contribution in [0.25, 0.3) is 22.8 Å². The number of hydrogen-bond donors (Lipinski definition) is 0. The Morgan fingerprint density at radius 3 is 2.47 bits per heavy atom. The summed E-state index contributed by atoms with van der Waals surface area (Å²) in [5, 5.41) is 0.401. The molecule has 3 aromatic rings. The average Bonchev–Trinajstić information content (AvgIpc) is 2.86. The Morgan fingerprint density at radius 1 is 1.00 bits per heavy atom. The molecule has 1 aromatic carbocycles. The number of aryl methyl sites for hydroxylation is 1. The Hall–Kier alpha value is -2.13. The predicted molar refractivity (Wildman–Crippen MR) is 74.9 cm³/mol. The number of hydrogen-bond acceptors (Lipinski definition) is 3. The molecular formula is C15H11ClN2O. The highest BCUT2D eigenvalue weighted by atomic mass is 35.5. The summed E-state index contributed by atoms with van der Waals surface area (Å²) in [4.78, 5) is 8.70. The van der Waals surface area contributed by atoms with Gasteiger partial charge in [0.1, 0.15) is 10.9 Å². The zero-order valence-corrected chi connectivity index (χ0v) is 11.1. The molecule has 19 heavy (non-hydrogen) atoms. The molecule has 2 aromatic heterocycles. The third-order valence-electron chi connectivity index (χ3n) is 2.73. The van der Waals surface area contributed by atoms with Crippen molar-refractivity contribution >= 4 is 11.6 Å². The third kappa shape index (κ3) is 2.51. The lowest BCUT2D eigenvalue weighted by molar-refractivity contribution is 0.544. The van der Waals surface area contributed by atoms with Crippen molar-refractivity contribution in [1.82, 2.24) is 9.97 Å². The van der Waals surface area contributed by atoms with Crippen molar-refractivity contribution in [1.29, 1.82) is 0 Å². The topological polar surface area (TPSA) is 38.9 Å². The zero-order chi connectivity index (χ0) is 13.2. The molecule has 3 rings (SSSR count). The van der Waals surface area contributed by atoms with E-state index in [2.05, 4.69) is 9.97 Å². The summed E-state index contributed by atoms with van der Waals surface area (Å²) in [6.07, 6.45) is 0. The Kier molecular flexibility index (Phi) is 3.05. The molecule has 0 amide bonds. The molecule has 0 aliphatic heterocycles. The van der Waals surface area contributed by atoms with Crippen molar-refractivity contribution < 1.29 is 4.42 Å². The highest BCUT2D eigenvalue weighted by Gasteiger charge is 2.10. The molecular weight excluding hydrogens is 260 g/mol. The van der Waals surface area contributed by atoms with Gasteiger partial charge >= 0.3 is 0 Å². The lowest BCUT2D eigenvalue weighted by Gasteiger charge is -2.03. The average molecular weight is 271 g/mol. The van der Waals surface area contributed by atoms with Gasteiger partial charge in [-0.25, -0.2) is 9.97 Å². The molecule has 0 N–H and O–H groups in total. The second kappa shape index (κ2) is 4.86. The van der Waals surface area contributed by atoms with Crippen molar-refractivity contribution in [2.75, 3.05) is 0 Å². The molecule has 2 heterocycles. The Balaban J connectivity index is 2.11. The van der Waals surface area contributed by atoms with Crippen LogP contribution in [0.15, 0.2) is 52.9 Å². The summed E-state index contributed by atoms with van der Waals surface area (Å²) in [5.41, 5.74) is 1.78. The molecule has 0 atom stereocenters. The monoisotopic (exact) mass is 270 g/mol. The first-order chi connectivity index (χ1) is 9.22. The number of furan rings is 1. The molecule has 0 saturated heterocycles. The summed E-state index contributed by atoms with van der Waals surface area (Å²) in [7, 11) is 0. The maximum Gasteiger partial charge on any atom is 0.197 e. The summed E-state index contributed by atoms with van der Waals surface area (Å²) in [6.45, 7) is 1.88. The van der Waals surface area contributed by atoms with Gasteiger partial charge in [0.2, 0.25) is 0 Å². The first-order valence-electron chi connectivity index (χ1n) is 5.89. The first-order valence-corrected chi connectivity index (χ1v) is 6.27. The molecule has 94 valence electrons. The SMILES string of the molecule is Cc1ccc(-c2nc(Cl)cc(-c3ccccc3)n2)o1. The predicted octanol–water partition coefficient (Wildman–Crippen LogP) is 4.37. The van der Waals surface area contributed by atoms with Crippen LogP contribution in [0.5, 0.6) is 0 Å². The van der Waals surface area contributed by atoms with Crippen LogP contribution in [-0.4, -0.2) is 9.97 Å². The van der Waals surface area contributed by atoms with Crippen LogP contribution >= 0.6 is 11.6 Å². The number of benzene rings is 1. The minimum atomic E-state index is 0.401. The first kappa shape index (κ1) is 11.9. The smallest absolute Gasteiger partial charge is 0.197 e. The van der Waals surface area contributed by atoms with E-state index in [1.807, 2.05) is 49.4 Å². The van der Waals surface area contributed by atoms with E-state index >= 15 is 0 Å². The molecule has 3 nitrogen and oxygen atoms in total. The second-order valence-electron chi connectivity index (χ2n) is 4.18. The Bertz CT molecular complexity index is 707. The van der Waals surface area contributed by atoms with Gasteiger partial charge in [-0.05, 0) is 19.1 Å². The van der Waals surface area contributed by atoms with Gasteiger partial charge in [-0.1, -0.05) is 41.9 Å². The maximum atomic E-state index is 6.06. The third-order valence-corrected chi connectivity index (χ3v) is 2.92. The minimum absolute atomic E-state index is 0.401. The summed E-state index contributed by atoms with van der Waals surface area (Å²) in [6, 6.07) is 15.3.